The zero-order valence-corrected chi connectivity index (χ0v) is 9.76. The van der Waals surface area contributed by atoms with Crippen LogP contribution in [0, 0.1) is 5.92 Å². The van der Waals surface area contributed by atoms with Crippen molar-refractivity contribution in [3.63, 3.8) is 0 Å². The monoisotopic (exact) mass is 198 g/mol. The Bertz CT molecular complexity index is 214. The number of aliphatic carboxylic acids is 1. The average Bonchev–Trinajstić information content (AvgIpc) is 2.10. The summed E-state index contributed by atoms with van der Waals surface area (Å²) in [5.74, 6) is -0.229. The van der Waals surface area contributed by atoms with Gasteiger partial charge in [0.05, 0.1) is 0 Å². The lowest BCUT2D eigenvalue weighted by Crippen LogP contribution is -2.04. The third kappa shape index (κ3) is 5.05. The molecule has 2 heteroatoms. The van der Waals surface area contributed by atoms with Crippen molar-refractivity contribution in [1.82, 2.24) is 0 Å². The van der Waals surface area contributed by atoms with E-state index in [1.165, 1.54) is 0 Å². The number of rotatable bonds is 6. The second kappa shape index (κ2) is 6.63. The van der Waals surface area contributed by atoms with Crippen molar-refractivity contribution in [2.75, 3.05) is 0 Å². The fourth-order valence-electron chi connectivity index (χ4n) is 1.48. The molecule has 0 aliphatic heterocycles. The summed E-state index contributed by atoms with van der Waals surface area (Å²) < 4.78 is 0. The zero-order valence-electron chi connectivity index (χ0n) is 9.76. The van der Waals surface area contributed by atoms with Gasteiger partial charge in [0.2, 0.25) is 0 Å². The lowest BCUT2D eigenvalue weighted by molar-refractivity contribution is -0.132. The maximum atomic E-state index is 10.8. The molecular formula is C12H22O2. The van der Waals surface area contributed by atoms with Crippen molar-refractivity contribution in [2.45, 2.75) is 53.4 Å². The largest absolute Gasteiger partial charge is 0.478 e. The summed E-state index contributed by atoms with van der Waals surface area (Å²) in [7, 11) is 0. The number of carboxylic acids is 1. The van der Waals surface area contributed by atoms with E-state index in [4.69, 9.17) is 5.11 Å². The minimum Gasteiger partial charge on any atom is -0.478 e. The molecule has 0 atom stereocenters. The van der Waals surface area contributed by atoms with Crippen molar-refractivity contribution in [1.29, 1.82) is 0 Å². The van der Waals surface area contributed by atoms with Crippen LogP contribution in [0.1, 0.15) is 53.4 Å². The van der Waals surface area contributed by atoms with E-state index in [1.807, 2.05) is 0 Å². The van der Waals surface area contributed by atoms with Gasteiger partial charge in [-0.1, -0.05) is 32.8 Å². The van der Waals surface area contributed by atoms with Crippen LogP contribution >= 0.6 is 0 Å². The van der Waals surface area contributed by atoms with Gasteiger partial charge in [0.15, 0.2) is 0 Å². The van der Waals surface area contributed by atoms with Gasteiger partial charge in [-0.25, -0.2) is 4.79 Å². The van der Waals surface area contributed by atoms with Gasteiger partial charge < -0.3 is 5.11 Å². The van der Waals surface area contributed by atoms with Crippen molar-refractivity contribution in [3.8, 4) is 0 Å². The van der Waals surface area contributed by atoms with Gasteiger partial charge in [0.25, 0.3) is 0 Å². The number of carbonyl (C=O) groups is 1. The zero-order chi connectivity index (χ0) is 11.1. The average molecular weight is 198 g/mol. The highest BCUT2D eigenvalue weighted by Gasteiger charge is 2.10. The Kier molecular flexibility index (Phi) is 6.26. The van der Waals surface area contributed by atoms with Crippen LogP contribution in [0.3, 0.4) is 0 Å². The maximum Gasteiger partial charge on any atom is 0.331 e. The number of carboxylic acid groups (broad SMARTS) is 1. The third-order valence-corrected chi connectivity index (χ3v) is 2.34. The summed E-state index contributed by atoms with van der Waals surface area (Å²) in [4.78, 5) is 10.8. The van der Waals surface area contributed by atoms with E-state index < -0.39 is 5.97 Å². The molecule has 0 saturated carbocycles. The van der Waals surface area contributed by atoms with Gasteiger partial charge in [-0.15, -0.1) is 0 Å². The van der Waals surface area contributed by atoms with Gasteiger partial charge >= 0.3 is 5.97 Å². The lowest BCUT2D eigenvalue weighted by atomic mass is 9.94. The van der Waals surface area contributed by atoms with E-state index in [0.717, 1.165) is 31.3 Å². The van der Waals surface area contributed by atoms with E-state index in [2.05, 4.69) is 20.8 Å². The van der Waals surface area contributed by atoms with Gasteiger partial charge in [0, 0.05) is 5.57 Å². The molecule has 0 saturated heterocycles. The van der Waals surface area contributed by atoms with Crippen LogP contribution in [0.2, 0.25) is 0 Å². The predicted molar refractivity (Wildman–Crippen MR) is 59.3 cm³/mol. The summed E-state index contributed by atoms with van der Waals surface area (Å²) in [6, 6.07) is 0. The lowest BCUT2D eigenvalue weighted by Gasteiger charge is -2.11. The maximum absolute atomic E-state index is 10.8. The molecule has 0 aromatic heterocycles. The van der Waals surface area contributed by atoms with Crippen LogP contribution in [0.15, 0.2) is 11.1 Å². The summed E-state index contributed by atoms with van der Waals surface area (Å²) in [6.45, 7) is 8.10. The van der Waals surface area contributed by atoms with Crippen LogP contribution < -0.4 is 0 Å². The van der Waals surface area contributed by atoms with Gasteiger partial charge in [-0.05, 0) is 32.1 Å². The molecule has 0 amide bonds. The fraction of sp³-hybridized carbons (Fsp3) is 0.750. The Labute approximate surface area is 87.0 Å². The second-order valence-corrected chi connectivity index (χ2v) is 4.24. The molecule has 0 radical (unpaired) electrons. The van der Waals surface area contributed by atoms with E-state index in [0.29, 0.717) is 11.5 Å². The Hall–Kier alpha value is -0.790. The van der Waals surface area contributed by atoms with Crippen LogP contribution in [0.25, 0.3) is 0 Å². The van der Waals surface area contributed by atoms with E-state index in [1.54, 1.807) is 6.92 Å². The minimum atomic E-state index is -0.767. The molecule has 2 nitrogen and oxygen atoms in total. The van der Waals surface area contributed by atoms with E-state index in [-0.39, 0.29) is 0 Å². The van der Waals surface area contributed by atoms with Crippen LogP contribution in [0.5, 0.6) is 0 Å². The first-order chi connectivity index (χ1) is 6.49. The van der Waals surface area contributed by atoms with Crippen LogP contribution in [0.4, 0.5) is 0 Å². The second-order valence-electron chi connectivity index (χ2n) is 4.24. The highest BCUT2D eigenvalue weighted by atomic mass is 16.4. The molecule has 14 heavy (non-hydrogen) atoms. The Balaban J connectivity index is 4.52. The molecule has 0 heterocycles. The van der Waals surface area contributed by atoms with E-state index >= 15 is 0 Å². The van der Waals surface area contributed by atoms with Crippen molar-refractivity contribution in [3.05, 3.63) is 11.1 Å². The first-order valence-electron chi connectivity index (χ1n) is 5.40. The fourth-order valence-corrected chi connectivity index (χ4v) is 1.48. The Morgan fingerprint density at radius 1 is 1.36 bits per heavy atom. The third-order valence-electron chi connectivity index (χ3n) is 2.34. The number of unbranched alkanes of at least 4 members (excludes halogenated alkanes) is 1. The van der Waals surface area contributed by atoms with E-state index in [9.17, 15) is 4.79 Å². The molecule has 0 unspecified atom stereocenters. The quantitative estimate of drug-likeness (QED) is 0.662. The minimum absolute atomic E-state index is 0.538. The van der Waals surface area contributed by atoms with Crippen LogP contribution in [-0.2, 0) is 4.79 Å². The Morgan fingerprint density at radius 3 is 2.29 bits per heavy atom. The van der Waals surface area contributed by atoms with Gasteiger partial charge in [-0.3, -0.25) is 0 Å². The van der Waals surface area contributed by atoms with Crippen molar-refractivity contribution >= 4 is 5.97 Å². The molecule has 0 aliphatic carbocycles. The molecule has 1 N–H and O–H groups in total. The molecule has 0 aliphatic rings. The SMILES string of the molecule is CCCCC(CC(C)C)=C(C)C(=O)O. The summed E-state index contributed by atoms with van der Waals surface area (Å²) in [6.07, 6.45) is 4.06. The molecule has 82 valence electrons. The first-order valence-corrected chi connectivity index (χ1v) is 5.40. The molecule has 0 bridgehead atoms. The predicted octanol–water partition coefficient (Wildman–Crippen LogP) is 3.62. The number of hydrogen-bond acceptors (Lipinski definition) is 1. The molecular weight excluding hydrogens is 176 g/mol. The van der Waals surface area contributed by atoms with Crippen molar-refractivity contribution in [2.24, 2.45) is 5.92 Å². The molecule has 0 aromatic carbocycles. The summed E-state index contributed by atoms with van der Waals surface area (Å²) in [5.41, 5.74) is 1.67. The van der Waals surface area contributed by atoms with Gasteiger partial charge in [0.1, 0.15) is 0 Å². The van der Waals surface area contributed by atoms with Gasteiger partial charge in [-0.2, -0.15) is 0 Å². The Morgan fingerprint density at radius 2 is 1.93 bits per heavy atom. The topological polar surface area (TPSA) is 37.3 Å². The highest BCUT2D eigenvalue weighted by molar-refractivity contribution is 5.86. The van der Waals surface area contributed by atoms with Crippen LogP contribution in [-0.4, -0.2) is 11.1 Å². The molecule has 0 rings (SSSR count). The number of allylic oxidation sites excluding steroid dienone is 1. The molecule has 0 fully saturated rings. The molecule has 0 spiro atoms. The number of hydrogen-bond donors (Lipinski definition) is 1. The standard InChI is InChI=1S/C12H22O2/c1-5-6-7-11(8-9(2)3)10(4)12(13)14/h9H,5-8H2,1-4H3,(H,13,14). The summed E-state index contributed by atoms with van der Waals surface area (Å²) >= 11 is 0. The summed E-state index contributed by atoms with van der Waals surface area (Å²) in [5, 5.41) is 8.91. The first kappa shape index (κ1) is 13.2. The normalized spacial score (nSPS) is 12.9. The molecule has 0 aromatic rings. The van der Waals surface area contributed by atoms with Crippen molar-refractivity contribution < 1.29 is 9.90 Å². The smallest absolute Gasteiger partial charge is 0.331 e. The highest BCUT2D eigenvalue weighted by Crippen LogP contribution is 2.21.